The number of ketones is 1. The zero-order chi connectivity index (χ0) is 11.3. The predicted octanol–water partition coefficient (Wildman–Crippen LogP) is 2.89. The predicted molar refractivity (Wildman–Crippen MR) is 61.7 cm³/mol. The van der Waals surface area contributed by atoms with E-state index in [1.54, 1.807) is 7.11 Å². The number of hydrogen-bond acceptors (Lipinski definition) is 2. The Morgan fingerprint density at radius 3 is 2.73 bits per heavy atom. The van der Waals surface area contributed by atoms with Crippen molar-refractivity contribution in [1.82, 2.24) is 0 Å². The summed E-state index contributed by atoms with van der Waals surface area (Å²) in [7, 11) is 1.65. The Morgan fingerprint density at radius 2 is 2.27 bits per heavy atom. The van der Waals surface area contributed by atoms with Gasteiger partial charge < -0.3 is 4.74 Å². The smallest absolute Gasteiger partial charge is 0.149 e. The van der Waals surface area contributed by atoms with Gasteiger partial charge in [0.15, 0.2) is 0 Å². The number of allylic oxidation sites excluding steroid dienone is 2. The highest BCUT2D eigenvalue weighted by Crippen LogP contribution is 2.36. The minimum Gasteiger partial charge on any atom is -0.383 e. The lowest BCUT2D eigenvalue weighted by Crippen LogP contribution is -2.33. The third-order valence-corrected chi connectivity index (χ3v) is 3.06. The summed E-state index contributed by atoms with van der Waals surface area (Å²) in [6, 6.07) is 0. The van der Waals surface area contributed by atoms with Gasteiger partial charge in [-0.1, -0.05) is 37.1 Å². The summed E-state index contributed by atoms with van der Waals surface area (Å²) in [5.74, 6) is 0.286. The van der Waals surface area contributed by atoms with Crippen LogP contribution >= 0.6 is 0 Å². The van der Waals surface area contributed by atoms with Crippen LogP contribution in [0.5, 0.6) is 0 Å². The fourth-order valence-corrected chi connectivity index (χ4v) is 1.98. The largest absolute Gasteiger partial charge is 0.383 e. The second kappa shape index (κ2) is 5.26. The van der Waals surface area contributed by atoms with Gasteiger partial charge in [-0.15, -0.1) is 0 Å². The zero-order valence-electron chi connectivity index (χ0n) is 9.88. The fraction of sp³-hybridized carbons (Fsp3) is 0.615. The molecule has 2 nitrogen and oxygen atoms in total. The van der Waals surface area contributed by atoms with Crippen molar-refractivity contribution < 1.29 is 9.53 Å². The first-order valence-corrected chi connectivity index (χ1v) is 5.56. The summed E-state index contributed by atoms with van der Waals surface area (Å²) in [6.07, 6.45) is 8.60. The fourth-order valence-electron chi connectivity index (χ4n) is 1.98. The molecule has 1 rings (SSSR count). The number of unbranched alkanes of at least 4 members (excludes halogenated alkanes) is 1. The van der Waals surface area contributed by atoms with Gasteiger partial charge in [-0.3, -0.25) is 4.79 Å². The van der Waals surface area contributed by atoms with Crippen molar-refractivity contribution in [2.24, 2.45) is 5.41 Å². The summed E-state index contributed by atoms with van der Waals surface area (Å²) in [5, 5.41) is 0. The molecule has 1 aliphatic carbocycles. The van der Waals surface area contributed by atoms with E-state index in [9.17, 15) is 4.79 Å². The first-order chi connectivity index (χ1) is 7.17. The molecule has 0 aromatic rings. The topological polar surface area (TPSA) is 26.3 Å². The Morgan fingerprint density at radius 1 is 1.53 bits per heavy atom. The lowest BCUT2D eigenvalue weighted by molar-refractivity contribution is -0.126. The summed E-state index contributed by atoms with van der Waals surface area (Å²) in [5.41, 5.74) is 0.634. The number of Topliss-reactive ketones (excluding diaryl/α,β-unsaturated/α-hetero) is 1. The summed E-state index contributed by atoms with van der Waals surface area (Å²) in [4.78, 5) is 12.2. The summed E-state index contributed by atoms with van der Waals surface area (Å²) in [6.45, 7) is 4.57. The quantitative estimate of drug-likeness (QED) is 0.671. The maximum atomic E-state index is 12.2. The van der Waals surface area contributed by atoms with Crippen LogP contribution in [-0.4, -0.2) is 19.5 Å². The number of carbonyl (C=O) groups excluding carboxylic acids is 1. The maximum Gasteiger partial charge on any atom is 0.149 e. The van der Waals surface area contributed by atoms with Gasteiger partial charge in [0.2, 0.25) is 0 Å². The van der Waals surface area contributed by atoms with E-state index in [1.807, 2.05) is 25.2 Å². The van der Waals surface area contributed by atoms with Gasteiger partial charge in [0.05, 0.1) is 12.0 Å². The number of rotatable bonds is 6. The molecule has 0 aromatic heterocycles. The van der Waals surface area contributed by atoms with E-state index in [0.717, 1.165) is 18.4 Å². The lowest BCUT2D eigenvalue weighted by atomic mass is 9.78. The minimum absolute atomic E-state index is 0.286. The molecular weight excluding hydrogens is 188 g/mol. The second-order valence-corrected chi connectivity index (χ2v) is 4.14. The highest BCUT2D eigenvalue weighted by molar-refractivity contribution is 5.91. The molecule has 15 heavy (non-hydrogen) atoms. The van der Waals surface area contributed by atoms with Gasteiger partial charge in [-0.05, 0) is 13.3 Å². The monoisotopic (exact) mass is 208 g/mol. The maximum absolute atomic E-state index is 12.2. The van der Waals surface area contributed by atoms with Crippen LogP contribution in [-0.2, 0) is 9.53 Å². The third kappa shape index (κ3) is 2.37. The highest BCUT2D eigenvalue weighted by atomic mass is 16.5. The van der Waals surface area contributed by atoms with Crippen LogP contribution in [0.4, 0.5) is 0 Å². The van der Waals surface area contributed by atoms with Gasteiger partial charge in [0, 0.05) is 13.5 Å². The molecule has 1 atom stereocenters. The van der Waals surface area contributed by atoms with E-state index >= 15 is 0 Å². The Hall–Kier alpha value is -0.890. The number of methoxy groups -OCH3 is 1. The van der Waals surface area contributed by atoms with Crippen molar-refractivity contribution in [2.75, 3.05) is 13.7 Å². The molecule has 0 saturated heterocycles. The molecule has 0 fully saturated rings. The number of hydrogen-bond donors (Lipinski definition) is 0. The minimum atomic E-state index is -0.468. The van der Waals surface area contributed by atoms with Crippen LogP contribution < -0.4 is 0 Å². The molecule has 0 saturated carbocycles. The van der Waals surface area contributed by atoms with Crippen molar-refractivity contribution in [3.8, 4) is 0 Å². The molecule has 84 valence electrons. The first-order valence-electron chi connectivity index (χ1n) is 5.56. The molecule has 0 spiro atoms. The van der Waals surface area contributed by atoms with Crippen LogP contribution in [0.2, 0.25) is 0 Å². The Balaban J connectivity index is 2.78. The van der Waals surface area contributed by atoms with Crippen LogP contribution in [0.25, 0.3) is 0 Å². The van der Waals surface area contributed by atoms with Crippen molar-refractivity contribution in [1.29, 1.82) is 0 Å². The molecule has 0 bridgehead atoms. The van der Waals surface area contributed by atoms with E-state index in [2.05, 4.69) is 6.92 Å². The molecule has 1 aliphatic rings. The molecular formula is C13H20O2. The Kier molecular flexibility index (Phi) is 4.28. The van der Waals surface area contributed by atoms with Crippen molar-refractivity contribution in [3.63, 3.8) is 0 Å². The standard InChI is InChI=1S/C13H20O2/c1-4-5-8-12(14)13(10-15-3)9-6-7-11(13)2/h6-7,9H,4-5,8,10H2,1-3H3. The molecule has 2 heteroatoms. The lowest BCUT2D eigenvalue weighted by Gasteiger charge is -2.27. The van der Waals surface area contributed by atoms with Crippen molar-refractivity contribution in [3.05, 3.63) is 23.8 Å². The number of ether oxygens (including phenoxy) is 1. The SMILES string of the molecule is CCCCC(=O)C1(COC)C=CC=C1C. The van der Waals surface area contributed by atoms with Gasteiger partial charge in [-0.2, -0.15) is 0 Å². The Labute approximate surface area is 92.0 Å². The van der Waals surface area contributed by atoms with Crippen molar-refractivity contribution >= 4 is 5.78 Å². The molecule has 0 heterocycles. The van der Waals surface area contributed by atoms with E-state index in [-0.39, 0.29) is 5.78 Å². The third-order valence-electron chi connectivity index (χ3n) is 3.06. The Bertz CT molecular complexity index is 289. The van der Waals surface area contributed by atoms with Crippen molar-refractivity contribution in [2.45, 2.75) is 33.1 Å². The van der Waals surface area contributed by atoms with Crippen LogP contribution in [0, 0.1) is 5.41 Å². The molecule has 0 radical (unpaired) electrons. The summed E-state index contributed by atoms with van der Waals surface area (Å²) >= 11 is 0. The van der Waals surface area contributed by atoms with Crippen LogP contribution in [0.15, 0.2) is 23.8 Å². The normalized spacial score (nSPS) is 24.3. The molecule has 0 aromatic carbocycles. The van der Waals surface area contributed by atoms with Gasteiger partial charge in [-0.25, -0.2) is 0 Å². The summed E-state index contributed by atoms with van der Waals surface area (Å²) < 4.78 is 5.19. The van der Waals surface area contributed by atoms with Gasteiger partial charge in [0.1, 0.15) is 5.78 Å². The molecule has 0 amide bonds. The number of carbonyl (C=O) groups is 1. The van der Waals surface area contributed by atoms with Crippen LogP contribution in [0.1, 0.15) is 33.1 Å². The van der Waals surface area contributed by atoms with E-state index in [0.29, 0.717) is 13.0 Å². The molecule has 0 N–H and O–H groups in total. The first kappa shape index (κ1) is 12.2. The zero-order valence-corrected chi connectivity index (χ0v) is 9.88. The average Bonchev–Trinajstić information content (AvgIpc) is 2.58. The van der Waals surface area contributed by atoms with Crippen LogP contribution in [0.3, 0.4) is 0 Å². The van der Waals surface area contributed by atoms with E-state index in [1.165, 1.54) is 0 Å². The highest BCUT2D eigenvalue weighted by Gasteiger charge is 2.38. The van der Waals surface area contributed by atoms with E-state index in [4.69, 9.17) is 4.74 Å². The van der Waals surface area contributed by atoms with Gasteiger partial charge >= 0.3 is 0 Å². The van der Waals surface area contributed by atoms with Gasteiger partial charge in [0.25, 0.3) is 0 Å². The average molecular weight is 208 g/mol. The van der Waals surface area contributed by atoms with E-state index < -0.39 is 5.41 Å². The molecule has 0 aliphatic heterocycles. The molecule has 1 unspecified atom stereocenters. The second-order valence-electron chi connectivity index (χ2n) is 4.14.